The van der Waals surface area contributed by atoms with Gasteiger partial charge in [-0.1, -0.05) is 45.0 Å². The molecule has 0 saturated heterocycles. The lowest BCUT2D eigenvalue weighted by atomic mass is 10.1. The molecule has 0 saturated carbocycles. The van der Waals surface area contributed by atoms with E-state index < -0.39 is 25.9 Å². The molecular weight excluding hydrogens is 532 g/mol. The molecule has 0 unspecified atom stereocenters. The topological polar surface area (TPSA) is 101 Å². The number of hydrogen-bond acceptors (Lipinski definition) is 5. The zero-order valence-electron chi connectivity index (χ0n) is 23.0. The number of nitrogens with one attached hydrogen (secondary N) is 1. The van der Waals surface area contributed by atoms with Gasteiger partial charge in [-0.05, 0) is 54.0 Å². The lowest BCUT2D eigenvalue weighted by Gasteiger charge is -2.36. The molecule has 0 radical (unpaired) electrons. The van der Waals surface area contributed by atoms with Gasteiger partial charge in [-0.2, -0.15) is 0 Å². The molecule has 208 valence electrons. The molecule has 10 heteroatoms. The average Bonchev–Trinajstić information content (AvgIpc) is 3.39. The van der Waals surface area contributed by atoms with Gasteiger partial charge >= 0.3 is 5.97 Å². The van der Waals surface area contributed by atoms with Crippen molar-refractivity contribution >= 4 is 20.4 Å². The van der Waals surface area contributed by atoms with Crippen LogP contribution in [0.3, 0.4) is 0 Å². The number of rotatable bonds is 8. The summed E-state index contributed by atoms with van der Waals surface area (Å²) in [6, 6.07) is 14.2. The summed E-state index contributed by atoms with van der Waals surface area (Å²) >= 11 is 0. The number of aliphatic carboxylic acids is 1. The number of halogens is 2. The minimum absolute atomic E-state index is 0.0225. The van der Waals surface area contributed by atoms with Crippen molar-refractivity contribution in [1.82, 2.24) is 9.97 Å². The highest BCUT2D eigenvalue weighted by Crippen LogP contribution is 2.39. The largest absolute Gasteiger partial charge is 0.542 e. The van der Waals surface area contributed by atoms with Crippen molar-refractivity contribution in [3.05, 3.63) is 107 Å². The first-order valence-electron chi connectivity index (χ1n) is 12.7. The van der Waals surface area contributed by atoms with Crippen LogP contribution in [-0.2, 0) is 11.2 Å². The molecule has 0 aliphatic heterocycles. The predicted octanol–water partition coefficient (Wildman–Crippen LogP) is 6.95. The quantitative estimate of drug-likeness (QED) is 0.178. The lowest BCUT2D eigenvalue weighted by molar-refractivity contribution is -0.132. The third-order valence-electron chi connectivity index (χ3n) is 6.87. The third-order valence-corrected chi connectivity index (χ3v) is 11.2. The summed E-state index contributed by atoms with van der Waals surface area (Å²) < 4.78 is 41.8. The van der Waals surface area contributed by atoms with Crippen molar-refractivity contribution in [3.8, 4) is 17.0 Å². The highest BCUT2D eigenvalue weighted by atomic mass is 28.4. The van der Waals surface area contributed by atoms with Crippen molar-refractivity contribution in [2.45, 2.75) is 45.3 Å². The molecule has 0 amide bonds. The molecule has 4 rings (SSSR count). The van der Waals surface area contributed by atoms with Gasteiger partial charge in [-0.25, -0.2) is 23.6 Å². The number of carboxylic acids is 1. The monoisotopic (exact) mass is 563 g/mol. The molecule has 2 N–H and O–H groups in total. The molecule has 0 fully saturated rings. The maximum Gasteiger partial charge on any atom is 0.354 e. The molecular formula is C30H31F2N3O4Si. The van der Waals surface area contributed by atoms with E-state index in [2.05, 4.69) is 35.7 Å². The SMILES string of the molecule is CC(C)(C)[Si](C)(C)Oc1cccc(-c2c[nH]/c(=N\C(=C\c3ccco3)C(=O)O)c(Cc3ccccc3F)n2)c1F. The molecule has 0 bridgehead atoms. The fourth-order valence-corrected chi connectivity index (χ4v) is 4.63. The van der Waals surface area contributed by atoms with E-state index in [9.17, 15) is 14.3 Å². The Hall–Kier alpha value is -4.31. The summed E-state index contributed by atoms with van der Waals surface area (Å²) in [5, 5.41) is 9.61. The van der Waals surface area contributed by atoms with Gasteiger partial charge in [0.15, 0.2) is 17.0 Å². The summed E-state index contributed by atoms with van der Waals surface area (Å²) in [7, 11) is -2.33. The van der Waals surface area contributed by atoms with Crippen LogP contribution in [0.25, 0.3) is 17.3 Å². The number of aromatic amines is 1. The van der Waals surface area contributed by atoms with Crippen molar-refractivity contribution in [2.75, 3.05) is 0 Å². The van der Waals surface area contributed by atoms with Gasteiger partial charge in [0.05, 0.1) is 17.7 Å². The normalized spacial score (nSPS) is 13.0. The van der Waals surface area contributed by atoms with E-state index in [0.717, 1.165) is 0 Å². The van der Waals surface area contributed by atoms with E-state index in [1.165, 1.54) is 24.6 Å². The molecule has 0 atom stereocenters. The Morgan fingerprint density at radius 2 is 1.88 bits per heavy atom. The smallest absolute Gasteiger partial charge is 0.354 e. The van der Waals surface area contributed by atoms with E-state index in [1.807, 2.05) is 13.1 Å². The van der Waals surface area contributed by atoms with E-state index in [1.54, 1.807) is 48.5 Å². The number of benzene rings is 2. The molecule has 2 aromatic carbocycles. The van der Waals surface area contributed by atoms with Crippen LogP contribution in [0.1, 0.15) is 37.8 Å². The lowest BCUT2D eigenvalue weighted by Crippen LogP contribution is -2.44. The van der Waals surface area contributed by atoms with Crippen LogP contribution in [0.4, 0.5) is 8.78 Å². The van der Waals surface area contributed by atoms with Crippen LogP contribution in [0, 0.1) is 11.6 Å². The second kappa shape index (κ2) is 11.4. The summed E-state index contributed by atoms with van der Waals surface area (Å²) in [6.45, 7) is 10.3. The third kappa shape index (κ3) is 6.45. The van der Waals surface area contributed by atoms with E-state index in [0.29, 0.717) is 11.3 Å². The first-order valence-corrected chi connectivity index (χ1v) is 15.6. The highest BCUT2D eigenvalue weighted by molar-refractivity contribution is 6.74. The zero-order chi connectivity index (χ0) is 29.1. The minimum atomic E-state index is -2.33. The number of H-pyrrole nitrogens is 1. The first kappa shape index (κ1) is 28.7. The Morgan fingerprint density at radius 3 is 2.52 bits per heavy atom. The summed E-state index contributed by atoms with van der Waals surface area (Å²) in [5.41, 5.74) is 0.713. The van der Waals surface area contributed by atoms with E-state index in [-0.39, 0.29) is 45.3 Å². The highest BCUT2D eigenvalue weighted by Gasteiger charge is 2.39. The number of carboxylic acid groups (broad SMARTS) is 1. The number of nitrogens with zero attached hydrogens (tertiary/aromatic N) is 2. The number of furan rings is 1. The fraction of sp³-hybridized carbons (Fsp3) is 0.233. The van der Waals surface area contributed by atoms with Crippen LogP contribution < -0.4 is 9.91 Å². The van der Waals surface area contributed by atoms with Crippen molar-refractivity contribution < 1.29 is 27.5 Å². The zero-order valence-corrected chi connectivity index (χ0v) is 24.0. The molecule has 0 spiro atoms. The van der Waals surface area contributed by atoms with Crippen LogP contribution >= 0.6 is 0 Å². The van der Waals surface area contributed by atoms with Crippen molar-refractivity contribution in [1.29, 1.82) is 0 Å². The molecule has 2 heterocycles. The van der Waals surface area contributed by atoms with Crippen LogP contribution in [0.2, 0.25) is 18.1 Å². The molecule has 0 aliphatic rings. The van der Waals surface area contributed by atoms with Gasteiger partial charge < -0.3 is 18.9 Å². The average molecular weight is 564 g/mol. The number of hydrogen-bond donors (Lipinski definition) is 2. The van der Waals surface area contributed by atoms with Gasteiger partial charge in [0, 0.05) is 24.3 Å². The Balaban J connectivity index is 1.85. The Labute approximate surface area is 232 Å². The second-order valence-corrected chi connectivity index (χ2v) is 15.5. The summed E-state index contributed by atoms with van der Waals surface area (Å²) in [6.07, 6.45) is 4.09. The van der Waals surface area contributed by atoms with Gasteiger partial charge in [-0.15, -0.1) is 0 Å². The van der Waals surface area contributed by atoms with Gasteiger partial charge in [0.2, 0.25) is 0 Å². The summed E-state index contributed by atoms with van der Waals surface area (Å²) in [4.78, 5) is 23.8. The molecule has 0 aliphatic carbocycles. The molecule has 7 nitrogen and oxygen atoms in total. The van der Waals surface area contributed by atoms with E-state index >= 15 is 4.39 Å². The van der Waals surface area contributed by atoms with Crippen molar-refractivity contribution in [3.63, 3.8) is 0 Å². The van der Waals surface area contributed by atoms with Crippen LogP contribution in [-0.4, -0.2) is 29.4 Å². The standard InChI is InChI=1S/C30H31F2N3O4Si/c1-30(2,3)40(4,5)39-26-14-8-12-21(27(26)32)25-18-33-28(23(34-25)16-19-10-6-7-13-22(19)31)35-24(29(36)37)17-20-11-9-15-38-20/h6-15,17-18H,16H2,1-5H3,(H,33,35)(H,36,37)/b24-17+. The van der Waals surface area contributed by atoms with E-state index in [4.69, 9.17) is 8.84 Å². The number of aromatic nitrogens is 2. The van der Waals surface area contributed by atoms with Gasteiger partial charge in [0.25, 0.3) is 8.32 Å². The molecule has 40 heavy (non-hydrogen) atoms. The van der Waals surface area contributed by atoms with Gasteiger partial charge in [-0.3, -0.25) is 0 Å². The maximum absolute atomic E-state index is 15.8. The minimum Gasteiger partial charge on any atom is -0.542 e. The Morgan fingerprint density at radius 1 is 1.12 bits per heavy atom. The predicted molar refractivity (Wildman–Crippen MR) is 151 cm³/mol. The fourth-order valence-electron chi connectivity index (χ4n) is 3.62. The molecule has 2 aromatic heterocycles. The van der Waals surface area contributed by atoms with Crippen LogP contribution in [0.15, 0.2) is 82.2 Å². The van der Waals surface area contributed by atoms with Crippen LogP contribution in [0.5, 0.6) is 5.75 Å². The second-order valence-electron chi connectivity index (χ2n) is 10.8. The molecule has 4 aromatic rings. The Kier molecular flexibility index (Phi) is 8.20. The first-order chi connectivity index (χ1) is 18.9. The van der Waals surface area contributed by atoms with Crippen molar-refractivity contribution in [2.24, 2.45) is 4.99 Å². The Bertz CT molecular complexity index is 1620. The number of carbonyl (C=O) groups is 1. The maximum atomic E-state index is 15.8. The summed E-state index contributed by atoms with van der Waals surface area (Å²) in [5.74, 6) is -1.90. The van der Waals surface area contributed by atoms with Gasteiger partial charge in [0.1, 0.15) is 17.3 Å².